The molecule has 29 heavy (non-hydrogen) atoms. The van der Waals surface area contributed by atoms with E-state index in [2.05, 4.69) is 73.9 Å². The SMILES string of the molecule is c1ccc(Cn2nnnc2[C@H](c2ccc3ncccc3c2)N2CCSCC2)cc1. The average Bonchev–Trinajstić information content (AvgIpc) is 3.23. The van der Waals surface area contributed by atoms with Gasteiger partial charge in [-0.1, -0.05) is 42.5 Å². The smallest absolute Gasteiger partial charge is 0.173 e. The Balaban J connectivity index is 1.57. The summed E-state index contributed by atoms with van der Waals surface area (Å²) in [6.07, 6.45) is 1.84. The summed E-state index contributed by atoms with van der Waals surface area (Å²) in [6, 6.07) is 21.0. The van der Waals surface area contributed by atoms with Gasteiger partial charge in [0.05, 0.1) is 18.1 Å². The summed E-state index contributed by atoms with van der Waals surface area (Å²) in [5.74, 6) is 3.15. The van der Waals surface area contributed by atoms with Crippen molar-refractivity contribution in [3.05, 3.63) is 83.8 Å². The molecule has 5 rings (SSSR count). The Morgan fingerprint density at radius 1 is 0.966 bits per heavy atom. The number of nitrogens with zero attached hydrogens (tertiary/aromatic N) is 6. The molecule has 0 spiro atoms. The fraction of sp³-hybridized carbons (Fsp3) is 0.273. The molecule has 1 saturated heterocycles. The summed E-state index contributed by atoms with van der Waals surface area (Å²) < 4.78 is 1.94. The molecule has 0 radical (unpaired) electrons. The van der Waals surface area contributed by atoms with Gasteiger partial charge in [0, 0.05) is 36.2 Å². The molecule has 0 saturated carbocycles. The molecule has 6 nitrogen and oxygen atoms in total. The summed E-state index contributed by atoms with van der Waals surface area (Å²) in [4.78, 5) is 6.97. The number of aromatic nitrogens is 5. The molecule has 0 bridgehead atoms. The lowest BCUT2D eigenvalue weighted by Crippen LogP contribution is -2.38. The molecular weight excluding hydrogens is 380 g/mol. The van der Waals surface area contributed by atoms with Gasteiger partial charge in [0.25, 0.3) is 0 Å². The van der Waals surface area contributed by atoms with E-state index in [1.165, 1.54) is 11.1 Å². The Labute approximate surface area is 173 Å². The van der Waals surface area contributed by atoms with Crippen LogP contribution in [0.3, 0.4) is 0 Å². The van der Waals surface area contributed by atoms with Crippen LogP contribution in [0.25, 0.3) is 10.9 Å². The molecule has 1 fully saturated rings. The third kappa shape index (κ3) is 3.88. The van der Waals surface area contributed by atoms with Gasteiger partial charge in [-0.2, -0.15) is 11.8 Å². The van der Waals surface area contributed by atoms with Crippen molar-refractivity contribution < 1.29 is 0 Å². The summed E-state index contributed by atoms with van der Waals surface area (Å²) >= 11 is 2.01. The molecule has 1 atom stereocenters. The molecule has 0 amide bonds. The fourth-order valence-corrected chi connectivity index (χ4v) is 4.83. The number of rotatable bonds is 5. The lowest BCUT2D eigenvalue weighted by atomic mass is 10.0. The van der Waals surface area contributed by atoms with E-state index in [0.717, 1.165) is 41.3 Å². The van der Waals surface area contributed by atoms with Gasteiger partial charge in [-0.25, -0.2) is 4.68 Å². The van der Waals surface area contributed by atoms with E-state index >= 15 is 0 Å². The minimum absolute atomic E-state index is 0.0271. The highest BCUT2D eigenvalue weighted by molar-refractivity contribution is 7.99. The zero-order chi connectivity index (χ0) is 19.5. The minimum atomic E-state index is 0.0271. The first-order valence-electron chi connectivity index (χ1n) is 9.85. The second-order valence-corrected chi connectivity index (χ2v) is 8.41. The van der Waals surface area contributed by atoms with Crippen molar-refractivity contribution in [1.82, 2.24) is 30.1 Å². The number of thioether (sulfide) groups is 1. The second-order valence-electron chi connectivity index (χ2n) is 7.19. The van der Waals surface area contributed by atoms with Crippen LogP contribution in [0.15, 0.2) is 66.9 Å². The van der Waals surface area contributed by atoms with Gasteiger partial charge in [-0.05, 0) is 39.8 Å². The highest BCUT2D eigenvalue weighted by Gasteiger charge is 2.29. The van der Waals surface area contributed by atoms with Crippen molar-refractivity contribution in [3.8, 4) is 0 Å². The van der Waals surface area contributed by atoms with Crippen LogP contribution in [0.1, 0.15) is 23.0 Å². The predicted molar refractivity (Wildman–Crippen MR) is 116 cm³/mol. The third-order valence-electron chi connectivity index (χ3n) is 5.33. The molecule has 0 unspecified atom stereocenters. The quantitative estimate of drug-likeness (QED) is 0.510. The van der Waals surface area contributed by atoms with Crippen molar-refractivity contribution in [1.29, 1.82) is 0 Å². The Morgan fingerprint density at radius 2 is 1.83 bits per heavy atom. The molecule has 0 N–H and O–H groups in total. The maximum Gasteiger partial charge on any atom is 0.173 e. The highest BCUT2D eigenvalue weighted by atomic mass is 32.2. The Bertz CT molecular complexity index is 1090. The molecule has 2 aromatic carbocycles. The van der Waals surface area contributed by atoms with Crippen LogP contribution in [-0.4, -0.2) is 54.7 Å². The standard InChI is InChI=1S/C22H22N6S/c1-2-5-17(6-3-1)16-28-22(24-25-26-28)21(27-11-13-29-14-12-27)19-8-9-20-18(15-19)7-4-10-23-20/h1-10,15,21H,11-14,16H2/t21-/m0/s1. The van der Waals surface area contributed by atoms with Gasteiger partial charge in [0.1, 0.15) is 0 Å². The van der Waals surface area contributed by atoms with E-state index in [1.54, 1.807) is 0 Å². The summed E-state index contributed by atoms with van der Waals surface area (Å²) in [5.41, 5.74) is 3.41. The van der Waals surface area contributed by atoms with Crippen LogP contribution in [0.4, 0.5) is 0 Å². The lowest BCUT2D eigenvalue weighted by Gasteiger charge is -2.33. The maximum atomic E-state index is 4.48. The van der Waals surface area contributed by atoms with E-state index in [0.29, 0.717) is 6.54 Å². The van der Waals surface area contributed by atoms with Crippen LogP contribution >= 0.6 is 11.8 Å². The van der Waals surface area contributed by atoms with Gasteiger partial charge >= 0.3 is 0 Å². The summed E-state index contributed by atoms with van der Waals surface area (Å²) in [5, 5.41) is 14.0. The molecule has 3 heterocycles. The van der Waals surface area contributed by atoms with Crippen molar-refractivity contribution in [2.75, 3.05) is 24.6 Å². The number of hydrogen-bond donors (Lipinski definition) is 0. The van der Waals surface area contributed by atoms with Gasteiger partial charge in [0.2, 0.25) is 0 Å². The number of benzene rings is 2. The van der Waals surface area contributed by atoms with E-state index < -0.39 is 0 Å². The second kappa shape index (κ2) is 8.31. The molecule has 146 valence electrons. The van der Waals surface area contributed by atoms with Crippen molar-refractivity contribution >= 4 is 22.7 Å². The van der Waals surface area contributed by atoms with Crippen LogP contribution in [0.2, 0.25) is 0 Å². The Hall–Kier alpha value is -2.77. The third-order valence-corrected chi connectivity index (χ3v) is 6.28. The number of hydrogen-bond acceptors (Lipinski definition) is 6. The lowest BCUT2D eigenvalue weighted by molar-refractivity contribution is 0.235. The average molecular weight is 403 g/mol. The highest BCUT2D eigenvalue weighted by Crippen LogP contribution is 2.31. The topological polar surface area (TPSA) is 59.7 Å². The van der Waals surface area contributed by atoms with Crippen molar-refractivity contribution in [2.24, 2.45) is 0 Å². The van der Waals surface area contributed by atoms with Crippen LogP contribution in [0.5, 0.6) is 0 Å². The van der Waals surface area contributed by atoms with E-state index in [9.17, 15) is 0 Å². The van der Waals surface area contributed by atoms with E-state index in [-0.39, 0.29) is 6.04 Å². The fourth-order valence-electron chi connectivity index (χ4n) is 3.90. The molecule has 2 aromatic heterocycles. The Morgan fingerprint density at radius 3 is 2.69 bits per heavy atom. The first-order valence-corrected chi connectivity index (χ1v) is 11.0. The van der Waals surface area contributed by atoms with Crippen LogP contribution < -0.4 is 0 Å². The predicted octanol–water partition coefficient (Wildman–Crippen LogP) is 3.41. The molecule has 7 heteroatoms. The molecule has 4 aromatic rings. The number of tetrazole rings is 1. The zero-order valence-corrected chi connectivity index (χ0v) is 16.9. The van der Waals surface area contributed by atoms with Crippen LogP contribution in [-0.2, 0) is 6.54 Å². The first-order chi connectivity index (χ1) is 14.4. The minimum Gasteiger partial charge on any atom is -0.288 e. The van der Waals surface area contributed by atoms with Crippen LogP contribution in [0, 0.1) is 0 Å². The van der Waals surface area contributed by atoms with Crippen molar-refractivity contribution in [3.63, 3.8) is 0 Å². The molecular formula is C22H22N6S. The number of fused-ring (bicyclic) bond motifs is 1. The number of pyridine rings is 1. The van der Waals surface area contributed by atoms with E-state index in [1.807, 2.05) is 34.8 Å². The maximum absolute atomic E-state index is 4.48. The van der Waals surface area contributed by atoms with Gasteiger partial charge < -0.3 is 0 Å². The Kier molecular flexibility index (Phi) is 5.23. The molecule has 0 aliphatic carbocycles. The van der Waals surface area contributed by atoms with E-state index in [4.69, 9.17) is 0 Å². The van der Waals surface area contributed by atoms with Gasteiger partial charge in [-0.15, -0.1) is 5.10 Å². The van der Waals surface area contributed by atoms with Gasteiger partial charge in [-0.3, -0.25) is 9.88 Å². The molecule has 1 aliphatic rings. The first kappa shape index (κ1) is 18.3. The summed E-state index contributed by atoms with van der Waals surface area (Å²) in [6.45, 7) is 2.72. The normalized spacial score (nSPS) is 16.1. The largest absolute Gasteiger partial charge is 0.288 e. The molecule has 1 aliphatic heterocycles. The summed E-state index contributed by atoms with van der Waals surface area (Å²) in [7, 11) is 0. The monoisotopic (exact) mass is 402 g/mol. The zero-order valence-electron chi connectivity index (χ0n) is 16.1. The van der Waals surface area contributed by atoms with Crippen molar-refractivity contribution in [2.45, 2.75) is 12.6 Å². The van der Waals surface area contributed by atoms with Gasteiger partial charge in [0.15, 0.2) is 5.82 Å².